The molecule has 4 aromatic carbocycles. The minimum Gasteiger partial charge on any atom is -0.507 e. The monoisotopic (exact) mass is 544 g/mol. The first-order chi connectivity index (χ1) is 18.8. The first kappa shape index (κ1) is 25.2. The van der Waals surface area contributed by atoms with E-state index in [9.17, 15) is 40.2 Å². The van der Waals surface area contributed by atoms with E-state index in [4.69, 9.17) is 9.15 Å². The van der Waals surface area contributed by atoms with Gasteiger partial charge in [0.2, 0.25) is 0 Å². The summed E-state index contributed by atoms with van der Waals surface area (Å²) in [4.78, 5) is 26.0. The fourth-order valence-corrected chi connectivity index (χ4v) is 5.51. The highest BCUT2D eigenvalue weighted by atomic mass is 16.5. The van der Waals surface area contributed by atoms with Crippen molar-refractivity contribution in [3.05, 3.63) is 51.4 Å². The van der Waals surface area contributed by atoms with Crippen LogP contribution in [-0.4, -0.2) is 42.5 Å². The molecule has 2 heterocycles. The maximum atomic E-state index is 13.0. The van der Waals surface area contributed by atoms with Crippen LogP contribution in [0.25, 0.3) is 43.6 Å². The Morgan fingerprint density at radius 3 is 1.82 bits per heavy atom. The Bertz CT molecular complexity index is 2040. The van der Waals surface area contributed by atoms with Crippen molar-refractivity contribution in [3.8, 4) is 51.4 Å². The SMILES string of the molecule is Cc1oc2cc3c(-c4c(O)cc(O)c5c(O)c6c(cc45)O[C@@H](C)[C@H](C)C6=O)c(O)cc(O)c3c(O)c2c(=O)c1C. The normalized spacial score (nSPS) is 16.9. The zero-order chi connectivity index (χ0) is 28.9. The van der Waals surface area contributed by atoms with Crippen molar-refractivity contribution < 1.29 is 44.6 Å². The summed E-state index contributed by atoms with van der Waals surface area (Å²) in [5.74, 6) is -3.97. The minimum absolute atomic E-state index is 0.00622. The number of phenolic OH excluding ortho intramolecular Hbond substituents is 6. The molecule has 0 unspecified atom stereocenters. The van der Waals surface area contributed by atoms with E-state index < -0.39 is 57.7 Å². The highest BCUT2D eigenvalue weighted by Gasteiger charge is 2.36. The molecule has 0 spiro atoms. The molecule has 40 heavy (non-hydrogen) atoms. The van der Waals surface area contributed by atoms with Gasteiger partial charge in [-0.25, -0.2) is 0 Å². The molecule has 1 aliphatic rings. The van der Waals surface area contributed by atoms with Crippen LogP contribution in [-0.2, 0) is 0 Å². The molecule has 0 radical (unpaired) electrons. The lowest BCUT2D eigenvalue weighted by molar-refractivity contribution is 0.0726. The number of rotatable bonds is 1. The number of hydrogen-bond acceptors (Lipinski definition) is 10. The lowest BCUT2D eigenvalue weighted by atomic mass is 9.86. The largest absolute Gasteiger partial charge is 0.507 e. The van der Waals surface area contributed by atoms with E-state index in [2.05, 4.69) is 0 Å². The third kappa shape index (κ3) is 3.16. The summed E-state index contributed by atoms with van der Waals surface area (Å²) in [5.41, 5.74) is -0.630. The van der Waals surface area contributed by atoms with Gasteiger partial charge in [0.25, 0.3) is 0 Å². The topological polar surface area (TPSA) is 178 Å². The van der Waals surface area contributed by atoms with E-state index in [0.29, 0.717) is 5.76 Å². The summed E-state index contributed by atoms with van der Waals surface area (Å²) in [6, 6.07) is 4.59. The predicted molar refractivity (Wildman–Crippen MR) is 146 cm³/mol. The number of carbonyl (C=O) groups excluding carboxylic acids is 1. The second-order valence-corrected chi connectivity index (χ2v) is 10.2. The number of phenols is 6. The lowest BCUT2D eigenvalue weighted by Crippen LogP contribution is -2.33. The molecule has 0 saturated heterocycles. The molecule has 2 atom stereocenters. The molecule has 5 aromatic rings. The first-order valence-corrected chi connectivity index (χ1v) is 12.4. The van der Waals surface area contributed by atoms with Crippen LogP contribution < -0.4 is 10.2 Å². The van der Waals surface area contributed by atoms with Gasteiger partial charge in [0, 0.05) is 39.6 Å². The fraction of sp³-hybridized carbons (Fsp3) is 0.200. The quantitative estimate of drug-likeness (QED) is 0.153. The lowest BCUT2D eigenvalue weighted by Gasteiger charge is -2.29. The van der Waals surface area contributed by atoms with Gasteiger partial charge >= 0.3 is 0 Å². The molecule has 6 N–H and O–H groups in total. The number of Topliss-reactive ketones (excluding diaryl/α,β-unsaturated/α-hetero) is 1. The van der Waals surface area contributed by atoms with Crippen molar-refractivity contribution in [1.82, 2.24) is 0 Å². The third-order valence-electron chi connectivity index (χ3n) is 7.93. The van der Waals surface area contributed by atoms with Crippen LogP contribution in [0, 0.1) is 19.8 Å². The highest BCUT2D eigenvalue weighted by molar-refractivity contribution is 6.19. The van der Waals surface area contributed by atoms with Crippen LogP contribution in [0.3, 0.4) is 0 Å². The van der Waals surface area contributed by atoms with Crippen LogP contribution in [0.4, 0.5) is 0 Å². The average Bonchev–Trinajstić information content (AvgIpc) is 2.86. The molecule has 0 amide bonds. The molecule has 10 nitrogen and oxygen atoms in total. The smallest absolute Gasteiger partial charge is 0.199 e. The average molecular weight is 545 g/mol. The number of benzene rings is 4. The first-order valence-electron chi connectivity index (χ1n) is 12.4. The number of fused-ring (bicyclic) bond motifs is 4. The Morgan fingerprint density at radius 2 is 1.23 bits per heavy atom. The van der Waals surface area contributed by atoms with Gasteiger partial charge in [-0.2, -0.15) is 0 Å². The van der Waals surface area contributed by atoms with Crippen molar-refractivity contribution >= 4 is 38.3 Å². The van der Waals surface area contributed by atoms with E-state index in [-0.39, 0.29) is 60.5 Å². The van der Waals surface area contributed by atoms with Gasteiger partial charge in [0.15, 0.2) is 11.2 Å². The summed E-state index contributed by atoms with van der Waals surface area (Å²) < 4.78 is 11.7. The molecule has 1 aromatic heterocycles. The predicted octanol–water partition coefficient (Wildman–Crippen LogP) is 5.22. The summed E-state index contributed by atoms with van der Waals surface area (Å²) in [6.45, 7) is 6.46. The van der Waals surface area contributed by atoms with Gasteiger partial charge in [0.05, 0.1) is 16.7 Å². The molecule has 0 saturated carbocycles. The Morgan fingerprint density at radius 1 is 0.675 bits per heavy atom. The number of hydrogen-bond donors (Lipinski definition) is 6. The molecular weight excluding hydrogens is 520 g/mol. The standard InChI is InChI=1S/C30H24O10/c1-9-11(3)39-19-5-13-21(15(31)7-17(33)23(13)29(37)25(19)27(9)35)22-14-6-20-26(28(36)10(2)12(4)40-20)30(38)24(14)18(34)8-16(22)32/h5-9,11,31-34,37-38H,1-4H3/t9-,11-/m0/s1. The zero-order valence-electron chi connectivity index (χ0n) is 21.8. The molecule has 6 rings (SSSR count). The van der Waals surface area contributed by atoms with Crippen molar-refractivity contribution in [2.75, 3.05) is 0 Å². The molecule has 1 aliphatic heterocycles. The number of carbonyl (C=O) groups is 1. The van der Waals surface area contributed by atoms with Gasteiger partial charge in [-0.1, -0.05) is 6.92 Å². The molecular formula is C30H24O10. The van der Waals surface area contributed by atoms with E-state index in [1.165, 1.54) is 19.1 Å². The van der Waals surface area contributed by atoms with Crippen molar-refractivity contribution in [2.24, 2.45) is 5.92 Å². The number of aryl methyl sites for hydroxylation is 1. The summed E-state index contributed by atoms with van der Waals surface area (Å²) >= 11 is 0. The highest BCUT2D eigenvalue weighted by Crippen LogP contribution is 2.54. The third-order valence-corrected chi connectivity index (χ3v) is 7.93. The molecule has 204 valence electrons. The molecule has 10 heteroatoms. The molecule has 0 bridgehead atoms. The second kappa shape index (κ2) is 8.19. The summed E-state index contributed by atoms with van der Waals surface area (Å²) in [5, 5.41) is 65.4. The Kier molecular flexibility index (Phi) is 5.15. The van der Waals surface area contributed by atoms with E-state index in [1.54, 1.807) is 20.8 Å². The number of ketones is 1. The van der Waals surface area contributed by atoms with Crippen molar-refractivity contribution in [3.63, 3.8) is 0 Å². The maximum absolute atomic E-state index is 13.0. The summed E-state index contributed by atoms with van der Waals surface area (Å²) in [7, 11) is 0. The fourth-order valence-electron chi connectivity index (χ4n) is 5.51. The molecule has 0 aliphatic carbocycles. The van der Waals surface area contributed by atoms with E-state index >= 15 is 0 Å². The van der Waals surface area contributed by atoms with Gasteiger partial charge in [-0.3, -0.25) is 9.59 Å². The van der Waals surface area contributed by atoms with Gasteiger partial charge in [-0.15, -0.1) is 0 Å². The van der Waals surface area contributed by atoms with Gasteiger partial charge < -0.3 is 39.8 Å². The zero-order valence-corrected chi connectivity index (χ0v) is 21.8. The van der Waals surface area contributed by atoms with E-state index in [0.717, 1.165) is 12.1 Å². The second-order valence-electron chi connectivity index (χ2n) is 10.2. The Labute approximate surface area is 225 Å². The Balaban J connectivity index is 1.82. The van der Waals surface area contributed by atoms with Crippen LogP contribution in [0.15, 0.2) is 33.5 Å². The summed E-state index contributed by atoms with van der Waals surface area (Å²) in [6.07, 6.45) is -0.535. The van der Waals surface area contributed by atoms with Crippen LogP contribution >= 0.6 is 0 Å². The van der Waals surface area contributed by atoms with Crippen LogP contribution in [0.2, 0.25) is 0 Å². The minimum atomic E-state index is -0.595. The van der Waals surface area contributed by atoms with Crippen molar-refractivity contribution in [2.45, 2.75) is 33.8 Å². The molecule has 0 fully saturated rings. The van der Waals surface area contributed by atoms with Crippen molar-refractivity contribution in [1.29, 1.82) is 0 Å². The van der Waals surface area contributed by atoms with Gasteiger partial charge in [0.1, 0.15) is 68.6 Å². The maximum Gasteiger partial charge on any atom is 0.199 e. The van der Waals surface area contributed by atoms with Crippen LogP contribution in [0.1, 0.15) is 35.5 Å². The van der Waals surface area contributed by atoms with E-state index in [1.807, 2.05) is 0 Å². The Hall–Kier alpha value is -5.12. The number of aromatic hydroxyl groups is 6. The number of ether oxygens (including phenoxy) is 1. The van der Waals surface area contributed by atoms with Crippen LogP contribution in [0.5, 0.6) is 40.2 Å². The van der Waals surface area contributed by atoms with Gasteiger partial charge in [-0.05, 0) is 32.9 Å².